The van der Waals surface area contributed by atoms with Gasteiger partial charge < -0.3 is 20.1 Å². The highest BCUT2D eigenvalue weighted by Gasteiger charge is 2.24. The van der Waals surface area contributed by atoms with Gasteiger partial charge in [0.1, 0.15) is 0 Å². The van der Waals surface area contributed by atoms with Crippen LogP contribution in [0.2, 0.25) is 10.0 Å². The number of carbonyl (C=O) groups is 2. The fraction of sp³-hybridized carbons (Fsp3) is 0.0833. The van der Waals surface area contributed by atoms with Crippen molar-refractivity contribution in [3.8, 4) is 11.5 Å². The summed E-state index contributed by atoms with van der Waals surface area (Å²) in [6, 6.07) is 17.4. The van der Waals surface area contributed by atoms with Crippen LogP contribution in [0.25, 0.3) is 11.6 Å². The molecule has 1 aliphatic heterocycles. The van der Waals surface area contributed by atoms with Crippen LogP contribution in [0.15, 0.2) is 60.7 Å². The van der Waals surface area contributed by atoms with E-state index < -0.39 is 0 Å². The van der Waals surface area contributed by atoms with Crippen molar-refractivity contribution in [3.05, 3.63) is 81.8 Å². The molecular weight excluding hydrogens is 451 g/mol. The van der Waals surface area contributed by atoms with Crippen LogP contribution in [-0.2, 0) is 9.59 Å². The molecule has 0 aromatic heterocycles. The van der Waals surface area contributed by atoms with Gasteiger partial charge in [-0.2, -0.15) is 0 Å². The molecule has 32 heavy (non-hydrogen) atoms. The lowest BCUT2D eigenvalue weighted by atomic mass is 10.0. The van der Waals surface area contributed by atoms with Crippen LogP contribution in [0.4, 0.5) is 11.4 Å². The summed E-state index contributed by atoms with van der Waals surface area (Å²) >= 11 is 12.1. The predicted molar refractivity (Wildman–Crippen MR) is 127 cm³/mol. The summed E-state index contributed by atoms with van der Waals surface area (Å²) in [7, 11) is 1.50. The van der Waals surface area contributed by atoms with E-state index in [0.29, 0.717) is 38.5 Å². The van der Waals surface area contributed by atoms with Crippen molar-refractivity contribution in [3.63, 3.8) is 0 Å². The van der Waals surface area contributed by atoms with Crippen molar-refractivity contribution >= 4 is 58.0 Å². The molecule has 0 spiro atoms. The van der Waals surface area contributed by atoms with Crippen molar-refractivity contribution < 1.29 is 19.1 Å². The normalized spacial score (nSPS) is 13.5. The fourth-order valence-electron chi connectivity index (χ4n) is 3.26. The summed E-state index contributed by atoms with van der Waals surface area (Å²) in [5, 5.41) is 6.49. The Morgan fingerprint density at radius 3 is 2.66 bits per heavy atom. The number of fused-ring (bicyclic) bond motifs is 1. The highest BCUT2D eigenvalue weighted by atomic mass is 35.5. The Morgan fingerprint density at radius 1 is 1.06 bits per heavy atom. The number of rotatable bonds is 6. The molecule has 0 saturated heterocycles. The maximum atomic E-state index is 12.4. The van der Waals surface area contributed by atoms with E-state index in [1.165, 1.54) is 7.11 Å². The topological polar surface area (TPSA) is 76.7 Å². The first-order valence-electron chi connectivity index (χ1n) is 9.63. The lowest BCUT2D eigenvalue weighted by Gasteiger charge is -2.12. The largest absolute Gasteiger partial charge is 0.493 e. The fourth-order valence-corrected chi connectivity index (χ4v) is 3.62. The number of halogens is 2. The zero-order valence-corrected chi connectivity index (χ0v) is 18.5. The molecule has 3 aromatic carbocycles. The van der Waals surface area contributed by atoms with Gasteiger partial charge in [-0.25, -0.2) is 0 Å². The summed E-state index contributed by atoms with van der Waals surface area (Å²) in [5.74, 6) is 0.258. The maximum absolute atomic E-state index is 12.4. The number of carbonyl (C=O) groups excluding carboxylic acids is 2. The van der Waals surface area contributed by atoms with E-state index in [4.69, 9.17) is 32.7 Å². The van der Waals surface area contributed by atoms with E-state index in [2.05, 4.69) is 10.6 Å². The molecule has 0 aliphatic carbocycles. The average Bonchev–Trinajstić information content (AvgIpc) is 3.08. The van der Waals surface area contributed by atoms with Gasteiger partial charge in [-0.15, -0.1) is 0 Å². The second-order valence-corrected chi connectivity index (χ2v) is 7.77. The number of hydrogen-bond donors (Lipinski definition) is 2. The molecule has 0 atom stereocenters. The van der Waals surface area contributed by atoms with Crippen LogP contribution in [0, 0.1) is 0 Å². The highest BCUT2D eigenvalue weighted by Crippen LogP contribution is 2.36. The monoisotopic (exact) mass is 468 g/mol. The summed E-state index contributed by atoms with van der Waals surface area (Å²) in [4.78, 5) is 24.6. The van der Waals surface area contributed by atoms with Crippen LogP contribution in [0.5, 0.6) is 11.5 Å². The number of amides is 2. The summed E-state index contributed by atoms with van der Waals surface area (Å²) in [5.41, 5.74) is 3.21. The molecule has 0 saturated carbocycles. The lowest BCUT2D eigenvalue weighted by molar-refractivity contribution is -0.118. The van der Waals surface area contributed by atoms with Gasteiger partial charge in [0, 0.05) is 16.2 Å². The second kappa shape index (κ2) is 9.34. The number of ether oxygens (including phenoxy) is 2. The van der Waals surface area contributed by atoms with Crippen LogP contribution in [-0.4, -0.2) is 25.5 Å². The third-order valence-electron chi connectivity index (χ3n) is 4.77. The highest BCUT2D eigenvalue weighted by molar-refractivity contribution is 6.36. The first-order valence-corrected chi connectivity index (χ1v) is 10.4. The van der Waals surface area contributed by atoms with E-state index >= 15 is 0 Å². The Bertz CT molecular complexity index is 1240. The summed E-state index contributed by atoms with van der Waals surface area (Å²) in [6.07, 6.45) is 1.76. The van der Waals surface area contributed by atoms with Gasteiger partial charge >= 0.3 is 0 Å². The number of methoxy groups -OCH3 is 1. The number of hydrogen-bond acceptors (Lipinski definition) is 4. The number of benzene rings is 3. The van der Waals surface area contributed by atoms with Crippen LogP contribution in [0.1, 0.15) is 11.1 Å². The maximum Gasteiger partial charge on any atom is 0.262 e. The quantitative estimate of drug-likeness (QED) is 0.467. The number of anilines is 2. The summed E-state index contributed by atoms with van der Waals surface area (Å²) in [6.45, 7) is -0.224. The SMILES string of the molecule is COc1cc(/C=C2/C(=O)Nc3cc(Cl)ccc32)ccc1OCC(=O)Nc1ccccc1Cl. The summed E-state index contributed by atoms with van der Waals surface area (Å²) < 4.78 is 11.0. The van der Waals surface area contributed by atoms with E-state index in [1.807, 2.05) is 0 Å². The van der Waals surface area contributed by atoms with E-state index in [0.717, 1.165) is 11.1 Å². The minimum Gasteiger partial charge on any atom is -0.493 e. The van der Waals surface area contributed by atoms with E-state index in [1.54, 1.807) is 66.7 Å². The Hall–Kier alpha value is -3.48. The molecule has 2 N–H and O–H groups in total. The zero-order chi connectivity index (χ0) is 22.7. The van der Waals surface area contributed by atoms with Gasteiger partial charge in [-0.3, -0.25) is 9.59 Å². The third-order valence-corrected chi connectivity index (χ3v) is 5.33. The first kappa shape index (κ1) is 21.7. The molecule has 2 amide bonds. The van der Waals surface area contributed by atoms with Gasteiger partial charge in [-0.1, -0.05) is 47.5 Å². The van der Waals surface area contributed by atoms with E-state index in [-0.39, 0.29) is 18.4 Å². The first-order chi connectivity index (χ1) is 15.4. The smallest absolute Gasteiger partial charge is 0.262 e. The van der Waals surface area contributed by atoms with Gasteiger partial charge in [0.2, 0.25) is 0 Å². The Labute approximate surface area is 194 Å². The van der Waals surface area contributed by atoms with Crippen molar-refractivity contribution in [1.82, 2.24) is 0 Å². The lowest BCUT2D eigenvalue weighted by Crippen LogP contribution is -2.20. The molecule has 0 radical (unpaired) electrons. The van der Waals surface area contributed by atoms with Crippen LogP contribution in [0.3, 0.4) is 0 Å². The molecule has 8 heteroatoms. The molecule has 0 fully saturated rings. The minimum absolute atomic E-state index is 0.210. The van der Waals surface area contributed by atoms with Crippen molar-refractivity contribution in [2.75, 3.05) is 24.4 Å². The Balaban J connectivity index is 1.49. The second-order valence-electron chi connectivity index (χ2n) is 6.93. The molecule has 0 unspecified atom stereocenters. The number of nitrogens with one attached hydrogen (secondary N) is 2. The molecule has 4 rings (SSSR count). The third kappa shape index (κ3) is 4.72. The average molecular weight is 469 g/mol. The minimum atomic E-state index is -0.357. The van der Waals surface area contributed by atoms with Crippen LogP contribution >= 0.6 is 23.2 Å². The van der Waals surface area contributed by atoms with Crippen molar-refractivity contribution in [2.24, 2.45) is 0 Å². The van der Waals surface area contributed by atoms with Gasteiger partial charge in [0.05, 0.1) is 23.5 Å². The Morgan fingerprint density at radius 2 is 1.88 bits per heavy atom. The molecule has 1 heterocycles. The molecule has 162 valence electrons. The standard InChI is InChI=1S/C24H18Cl2N2O4/c1-31-22-11-14(10-17-16-8-7-15(25)12-20(16)28-24(17)30)6-9-21(22)32-13-23(29)27-19-5-3-2-4-18(19)26/h2-12H,13H2,1H3,(H,27,29)(H,28,30)/b17-10+. The molecule has 3 aromatic rings. The van der Waals surface area contributed by atoms with Crippen molar-refractivity contribution in [1.29, 1.82) is 0 Å². The molecule has 1 aliphatic rings. The van der Waals surface area contributed by atoms with Crippen molar-refractivity contribution in [2.45, 2.75) is 0 Å². The molecule has 0 bridgehead atoms. The zero-order valence-electron chi connectivity index (χ0n) is 16.9. The van der Waals surface area contributed by atoms with Gasteiger partial charge in [0.25, 0.3) is 11.8 Å². The molecule has 6 nitrogen and oxygen atoms in total. The predicted octanol–water partition coefficient (Wildman–Crippen LogP) is 5.51. The van der Waals surface area contributed by atoms with Crippen LogP contribution < -0.4 is 20.1 Å². The molecular formula is C24H18Cl2N2O4. The van der Waals surface area contributed by atoms with E-state index in [9.17, 15) is 9.59 Å². The van der Waals surface area contributed by atoms with Gasteiger partial charge in [0.15, 0.2) is 18.1 Å². The van der Waals surface area contributed by atoms with Gasteiger partial charge in [-0.05, 0) is 48.0 Å². The number of para-hydroxylation sites is 1. The Kier molecular flexibility index (Phi) is 6.35.